The molecule has 2 atom stereocenters. The van der Waals surface area contributed by atoms with Gasteiger partial charge in [-0.25, -0.2) is 8.78 Å². The second-order valence-corrected chi connectivity index (χ2v) is 6.25. The molecule has 3 rings (SSSR count). The van der Waals surface area contributed by atoms with E-state index in [0.717, 1.165) is 6.07 Å². The Morgan fingerprint density at radius 2 is 1.81 bits per heavy atom. The van der Waals surface area contributed by atoms with Crippen molar-refractivity contribution in [3.63, 3.8) is 0 Å². The second kappa shape index (κ2) is 7.53. The number of carboxylic acids is 1. The number of anilines is 1. The van der Waals surface area contributed by atoms with Crippen molar-refractivity contribution >= 4 is 23.5 Å². The summed E-state index contributed by atoms with van der Waals surface area (Å²) in [4.78, 5) is 35.8. The monoisotopic (exact) mass is 374 g/mol. The van der Waals surface area contributed by atoms with Gasteiger partial charge in [-0.3, -0.25) is 14.4 Å². The Kier molecular flexibility index (Phi) is 5.16. The molecule has 2 aromatic carbocycles. The molecule has 0 radical (unpaired) electrons. The number of aliphatic carboxylic acids is 1. The van der Waals surface area contributed by atoms with Crippen LogP contribution in [0.4, 0.5) is 14.5 Å². The van der Waals surface area contributed by atoms with Crippen molar-refractivity contribution in [3.05, 3.63) is 65.2 Å². The summed E-state index contributed by atoms with van der Waals surface area (Å²) in [6.45, 7) is 0. The van der Waals surface area contributed by atoms with E-state index in [9.17, 15) is 23.2 Å². The van der Waals surface area contributed by atoms with Crippen LogP contribution in [-0.4, -0.2) is 22.9 Å². The third kappa shape index (κ3) is 4.28. The maximum Gasteiger partial charge on any atom is 0.305 e. The molecular formula is C19H16F2N2O4. The van der Waals surface area contributed by atoms with Gasteiger partial charge in [0, 0.05) is 12.1 Å². The number of hydrogen-bond donors (Lipinski definition) is 3. The van der Waals surface area contributed by atoms with Gasteiger partial charge in [0.2, 0.25) is 11.8 Å². The lowest BCUT2D eigenvalue weighted by Crippen LogP contribution is -2.37. The summed E-state index contributed by atoms with van der Waals surface area (Å²) in [6.07, 6.45) is -0.555. The van der Waals surface area contributed by atoms with Crippen LogP contribution in [-0.2, 0) is 14.4 Å². The van der Waals surface area contributed by atoms with Gasteiger partial charge in [0.1, 0.15) is 11.6 Å². The number of carbonyl (C=O) groups excluding carboxylic acids is 2. The first kappa shape index (κ1) is 18.5. The van der Waals surface area contributed by atoms with E-state index in [1.54, 1.807) is 0 Å². The number of rotatable bonds is 5. The van der Waals surface area contributed by atoms with Gasteiger partial charge in [-0.2, -0.15) is 0 Å². The van der Waals surface area contributed by atoms with E-state index in [0.29, 0.717) is 11.1 Å². The molecular weight excluding hydrogens is 358 g/mol. The minimum absolute atomic E-state index is 0.145. The normalized spacial score (nSPS) is 16.8. The molecule has 2 aromatic rings. The number of halogens is 2. The summed E-state index contributed by atoms with van der Waals surface area (Å²) in [5, 5.41) is 14.3. The molecule has 0 aliphatic carbocycles. The summed E-state index contributed by atoms with van der Waals surface area (Å²) >= 11 is 0. The van der Waals surface area contributed by atoms with Gasteiger partial charge in [-0.1, -0.05) is 18.2 Å². The Morgan fingerprint density at radius 1 is 1.15 bits per heavy atom. The largest absolute Gasteiger partial charge is 0.481 e. The zero-order chi connectivity index (χ0) is 19.6. The Hall–Kier alpha value is -3.29. The first-order valence-corrected chi connectivity index (χ1v) is 8.20. The number of amides is 2. The van der Waals surface area contributed by atoms with Gasteiger partial charge in [-0.15, -0.1) is 0 Å². The summed E-state index contributed by atoms with van der Waals surface area (Å²) < 4.78 is 26.5. The smallest absolute Gasteiger partial charge is 0.305 e. The van der Waals surface area contributed by atoms with Crippen LogP contribution < -0.4 is 10.6 Å². The zero-order valence-electron chi connectivity index (χ0n) is 14.0. The molecule has 0 unspecified atom stereocenters. The number of carbonyl (C=O) groups is 3. The first-order valence-electron chi connectivity index (χ1n) is 8.20. The highest BCUT2D eigenvalue weighted by atomic mass is 19.1. The van der Waals surface area contributed by atoms with E-state index in [1.165, 1.54) is 36.4 Å². The molecule has 0 saturated carbocycles. The molecule has 0 saturated heterocycles. The van der Waals surface area contributed by atoms with Gasteiger partial charge >= 0.3 is 5.97 Å². The van der Waals surface area contributed by atoms with Crippen LogP contribution in [0.1, 0.15) is 35.9 Å². The Balaban J connectivity index is 1.86. The van der Waals surface area contributed by atoms with Crippen molar-refractivity contribution in [1.82, 2.24) is 5.32 Å². The third-order valence-electron chi connectivity index (χ3n) is 4.34. The van der Waals surface area contributed by atoms with Gasteiger partial charge in [-0.05, 0) is 35.4 Å². The van der Waals surface area contributed by atoms with E-state index in [1.807, 2.05) is 0 Å². The van der Waals surface area contributed by atoms with Crippen molar-refractivity contribution in [1.29, 1.82) is 0 Å². The van der Waals surface area contributed by atoms with E-state index < -0.39 is 47.8 Å². The fourth-order valence-corrected chi connectivity index (χ4v) is 3.07. The Labute approximate surface area is 153 Å². The highest BCUT2D eigenvalue weighted by Gasteiger charge is 2.32. The number of carboxylic acid groups (broad SMARTS) is 1. The SMILES string of the molecule is O=C(O)C[C@H](NC(=O)[C@@H]1CC(=O)Nc2cc(F)ccc21)c1ccc(F)cc1. The average molecular weight is 374 g/mol. The number of fused-ring (bicyclic) bond motifs is 1. The van der Waals surface area contributed by atoms with Crippen LogP contribution in [0.25, 0.3) is 0 Å². The average Bonchev–Trinajstić information content (AvgIpc) is 2.60. The Morgan fingerprint density at radius 3 is 2.48 bits per heavy atom. The minimum Gasteiger partial charge on any atom is -0.481 e. The quantitative estimate of drug-likeness (QED) is 0.750. The summed E-state index contributed by atoms with van der Waals surface area (Å²) in [5.41, 5.74) is 1.08. The van der Waals surface area contributed by atoms with Crippen LogP contribution >= 0.6 is 0 Å². The fourth-order valence-electron chi connectivity index (χ4n) is 3.07. The molecule has 1 aliphatic heterocycles. The maximum absolute atomic E-state index is 13.4. The molecule has 2 amide bonds. The van der Waals surface area contributed by atoms with Crippen molar-refractivity contribution in [2.75, 3.05) is 5.32 Å². The van der Waals surface area contributed by atoms with Gasteiger partial charge < -0.3 is 15.7 Å². The van der Waals surface area contributed by atoms with Gasteiger partial charge in [0.25, 0.3) is 0 Å². The first-order chi connectivity index (χ1) is 12.8. The van der Waals surface area contributed by atoms with Crippen molar-refractivity contribution in [2.45, 2.75) is 24.8 Å². The van der Waals surface area contributed by atoms with Crippen molar-refractivity contribution < 1.29 is 28.3 Å². The number of benzene rings is 2. The molecule has 3 N–H and O–H groups in total. The van der Waals surface area contributed by atoms with Crippen molar-refractivity contribution in [3.8, 4) is 0 Å². The summed E-state index contributed by atoms with van der Waals surface area (Å²) in [5.74, 6) is -4.07. The topological polar surface area (TPSA) is 95.5 Å². The molecule has 0 aromatic heterocycles. The van der Waals surface area contributed by atoms with Gasteiger partial charge in [0.15, 0.2) is 0 Å². The van der Waals surface area contributed by atoms with Crippen LogP contribution in [0.3, 0.4) is 0 Å². The van der Waals surface area contributed by atoms with Crippen LogP contribution in [0.5, 0.6) is 0 Å². The Bertz CT molecular complexity index is 899. The highest BCUT2D eigenvalue weighted by Crippen LogP contribution is 2.33. The predicted molar refractivity (Wildman–Crippen MR) is 91.9 cm³/mol. The highest BCUT2D eigenvalue weighted by molar-refractivity contribution is 6.01. The molecule has 8 heteroatoms. The molecule has 0 bridgehead atoms. The zero-order valence-corrected chi connectivity index (χ0v) is 14.0. The molecule has 0 spiro atoms. The lowest BCUT2D eigenvalue weighted by molar-refractivity contribution is -0.138. The second-order valence-electron chi connectivity index (χ2n) is 6.25. The summed E-state index contributed by atoms with van der Waals surface area (Å²) in [6, 6.07) is 7.94. The van der Waals surface area contributed by atoms with E-state index in [4.69, 9.17) is 5.11 Å². The lowest BCUT2D eigenvalue weighted by Gasteiger charge is -2.27. The lowest BCUT2D eigenvalue weighted by atomic mass is 9.89. The number of nitrogens with one attached hydrogen (secondary N) is 2. The summed E-state index contributed by atoms with van der Waals surface area (Å²) in [7, 11) is 0. The molecule has 1 aliphatic rings. The predicted octanol–water partition coefficient (Wildman–Crippen LogP) is 2.72. The molecule has 140 valence electrons. The van der Waals surface area contributed by atoms with Crippen LogP contribution in [0.2, 0.25) is 0 Å². The van der Waals surface area contributed by atoms with Gasteiger partial charge in [0.05, 0.1) is 18.4 Å². The standard InChI is InChI=1S/C19H16F2N2O4/c20-11-3-1-10(2-4-11)15(9-18(25)26)23-19(27)14-8-17(24)22-16-7-12(21)5-6-13(14)16/h1-7,14-15H,8-9H2,(H,22,24)(H,23,27)(H,25,26)/t14-,15+/m1/s1. The molecule has 6 nitrogen and oxygen atoms in total. The number of hydrogen-bond acceptors (Lipinski definition) is 3. The molecule has 27 heavy (non-hydrogen) atoms. The fraction of sp³-hybridized carbons (Fsp3) is 0.211. The van der Waals surface area contributed by atoms with Crippen LogP contribution in [0.15, 0.2) is 42.5 Å². The van der Waals surface area contributed by atoms with Crippen LogP contribution in [0, 0.1) is 11.6 Å². The maximum atomic E-state index is 13.4. The van der Waals surface area contributed by atoms with E-state index in [2.05, 4.69) is 10.6 Å². The van der Waals surface area contributed by atoms with Crippen molar-refractivity contribution in [2.24, 2.45) is 0 Å². The molecule has 0 fully saturated rings. The van der Waals surface area contributed by atoms with E-state index >= 15 is 0 Å². The third-order valence-corrected chi connectivity index (χ3v) is 4.34. The van der Waals surface area contributed by atoms with E-state index in [-0.39, 0.29) is 12.1 Å². The molecule has 1 heterocycles. The minimum atomic E-state index is -1.14.